The number of H-pyrrole nitrogens is 2. The first-order valence-electron chi connectivity index (χ1n) is 45.9. The molecule has 2 saturated heterocycles. The average Bonchev–Trinajstić information content (AvgIpc) is 1.78. The molecule has 790 valence electrons. The number of aromatic nitrogens is 8. The Kier molecular flexibility index (Phi) is 50.9. The highest BCUT2D eigenvalue weighted by Crippen LogP contribution is 2.49. The van der Waals surface area contributed by atoms with E-state index < -0.39 is 140 Å². The number of aliphatic hydroxyl groups excluding tert-OH is 1. The van der Waals surface area contributed by atoms with E-state index in [1.165, 1.54) is 39.4 Å². The third-order valence-corrected chi connectivity index (χ3v) is 28.9. The first-order valence-corrected chi connectivity index (χ1v) is 53.0. The summed E-state index contributed by atoms with van der Waals surface area (Å²) in [6, 6.07) is 7.03. The first-order chi connectivity index (χ1) is 68.1. The van der Waals surface area contributed by atoms with Crippen molar-refractivity contribution in [2.45, 2.75) is 233 Å². The number of rotatable bonds is 50. The van der Waals surface area contributed by atoms with Crippen molar-refractivity contribution in [3.63, 3.8) is 0 Å². The topological polar surface area (TPSA) is 544 Å². The van der Waals surface area contributed by atoms with Gasteiger partial charge >= 0.3 is 42.1 Å². The summed E-state index contributed by atoms with van der Waals surface area (Å²) < 4.78 is 105. The van der Waals surface area contributed by atoms with E-state index in [9.17, 15) is 108 Å². The van der Waals surface area contributed by atoms with E-state index >= 15 is 0 Å². The summed E-state index contributed by atoms with van der Waals surface area (Å²) in [5.41, 5.74) is -4.11. The Hall–Kier alpha value is -11.5. The highest BCUT2D eigenvalue weighted by Gasteiger charge is 2.46. The van der Waals surface area contributed by atoms with Gasteiger partial charge in [-0.1, -0.05) is 84.7 Å². The first kappa shape index (κ1) is 121. The lowest BCUT2D eigenvalue weighted by Gasteiger charge is -2.32. The van der Waals surface area contributed by atoms with Gasteiger partial charge in [0.15, 0.2) is 22.3 Å². The van der Waals surface area contributed by atoms with Crippen LogP contribution in [-0.2, 0) is 89.4 Å². The Morgan fingerprint density at radius 2 is 0.986 bits per heavy atom. The number of benzene rings is 2. The van der Waals surface area contributed by atoms with Crippen molar-refractivity contribution in [3.05, 3.63) is 116 Å². The number of likely N-dealkylation sites (tertiary alicyclic amines) is 2. The number of halogens is 7. The van der Waals surface area contributed by atoms with Crippen molar-refractivity contribution in [1.29, 1.82) is 0 Å². The Labute approximate surface area is 848 Å². The lowest BCUT2D eigenvalue weighted by Crippen LogP contribution is -2.42. The van der Waals surface area contributed by atoms with Crippen LogP contribution in [0.4, 0.5) is 49.6 Å². The maximum Gasteiger partial charge on any atom is 0.471 e. The van der Waals surface area contributed by atoms with Crippen molar-refractivity contribution in [2.75, 3.05) is 104 Å². The monoisotopic (exact) mass is 2140 g/mol. The molecule has 0 spiro atoms. The number of aromatic amines is 2. The van der Waals surface area contributed by atoms with Crippen molar-refractivity contribution in [1.82, 2.24) is 80.9 Å². The number of esters is 3. The number of nitrogens with zero attached hydrogens (tertiary/aromatic N) is 12. The van der Waals surface area contributed by atoms with Crippen LogP contribution in [0.2, 0.25) is 0 Å². The van der Waals surface area contributed by atoms with Crippen LogP contribution in [0.3, 0.4) is 0 Å². The van der Waals surface area contributed by atoms with Crippen LogP contribution in [0, 0.1) is 18.4 Å². The lowest BCUT2D eigenvalue weighted by molar-refractivity contribution is -0.170. The van der Waals surface area contributed by atoms with Crippen molar-refractivity contribution >= 4 is 191 Å². The summed E-state index contributed by atoms with van der Waals surface area (Å²) in [5.74, 6) is -9.06. The minimum absolute atomic E-state index is 0.0243. The van der Waals surface area contributed by atoms with Crippen LogP contribution in [0.15, 0.2) is 70.5 Å². The van der Waals surface area contributed by atoms with E-state index in [-0.39, 0.29) is 142 Å². The van der Waals surface area contributed by atoms with Gasteiger partial charge < -0.3 is 65.1 Å². The largest absolute Gasteiger partial charge is 0.471 e. The molecule has 54 heteroatoms. The van der Waals surface area contributed by atoms with Gasteiger partial charge in [-0.15, -0.1) is 0 Å². The van der Waals surface area contributed by atoms with E-state index in [2.05, 4.69) is 114 Å². The molecule has 6 heterocycles. The fourth-order valence-electron chi connectivity index (χ4n) is 14.0. The van der Waals surface area contributed by atoms with Crippen LogP contribution in [0.5, 0.6) is 0 Å². The van der Waals surface area contributed by atoms with Crippen molar-refractivity contribution < 1.29 is 117 Å². The van der Waals surface area contributed by atoms with Crippen LogP contribution in [0.25, 0.3) is 27.2 Å². The highest BCUT2D eigenvalue weighted by atomic mass is 35.7. The molecule has 2 aliphatic rings. The Bertz CT molecular complexity index is 5540. The highest BCUT2D eigenvalue weighted by molar-refractivity contribution is 8.77. The number of anilines is 4. The SMILES string of the molecule is CC[C@@H]1C[C@@H](O)CN1C(=O)CCCSSCCNC(=O)CC[C@H](NC(=O)c1ccc(N(Cc2cnc3nc(NC(=O)C(C)C)[nH]c(=O)c3n2)C(=O)C(F)(F)F)cc1)C(=O)OC.CC[C@@H]1C[C@@H](OC(=O)CCC(=O)NC)CN1C(=O)CCCSSCCNC(=O)CC[C@H](NC(=O)c1ccc(N(Cc2cnc3nc(NC(=O)C(C)C)[nH]c(=O)c3n2)C(=O)C(F)(F)F)cc1)C(=O)OC.[C-]#[N+]CCOP(Cl)N(C(C)C)C(C)C. The second-order valence-electron chi connectivity index (χ2n) is 33.6. The van der Waals surface area contributed by atoms with E-state index in [0.29, 0.717) is 117 Å². The number of carbonyl (C=O) groups is 14. The maximum absolute atomic E-state index is 13.8. The third-order valence-electron chi connectivity index (χ3n) is 21.4. The number of carbonyl (C=O) groups excluding carboxylic acids is 14. The van der Waals surface area contributed by atoms with Crippen molar-refractivity contribution in [3.8, 4) is 0 Å². The number of hydrogen-bond acceptors (Lipinski definition) is 32. The fourth-order valence-corrected chi connectivity index (χ4v) is 20.4. The molecule has 42 nitrogen and oxygen atoms in total. The van der Waals surface area contributed by atoms with Crippen LogP contribution >= 0.6 is 62.1 Å². The van der Waals surface area contributed by atoms with Crippen LogP contribution < -0.4 is 58.1 Å². The van der Waals surface area contributed by atoms with Gasteiger partial charge in [0.1, 0.15) is 24.8 Å². The molecule has 7 atom stereocenters. The van der Waals surface area contributed by atoms with Gasteiger partial charge in [-0.2, -0.15) is 36.3 Å². The third kappa shape index (κ3) is 39.8. The number of hydrogen-bond donors (Lipinski definition) is 10. The number of fused-ring (bicyclic) bond motifs is 2. The van der Waals surface area contributed by atoms with E-state index in [0.717, 1.165) is 93.7 Å². The summed E-state index contributed by atoms with van der Waals surface area (Å²) in [7, 11) is 8.75. The zero-order valence-corrected chi connectivity index (χ0v) is 86.6. The average molecular weight is 2140 g/mol. The Balaban J connectivity index is 0.000000390. The summed E-state index contributed by atoms with van der Waals surface area (Å²) >= 11 is 6.14. The predicted octanol–water partition coefficient (Wildman–Crippen LogP) is 9.79. The van der Waals surface area contributed by atoms with Gasteiger partial charge in [0, 0.05) is 147 Å². The maximum atomic E-state index is 13.8. The number of ether oxygens (including phenoxy) is 3. The number of aliphatic hydroxyl groups is 1. The van der Waals surface area contributed by atoms with E-state index in [4.69, 9.17) is 36.5 Å². The normalized spacial score (nSPS) is 15.1. The predicted molar refractivity (Wildman–Crippen MR) is 532 cm³/mol. The Morgan fingerprint density at radius 1 is 0.576 bits per heavy atom. The second kappa shape index (κ2) is 60.5. The van der Waals surface area contributed by atoms with Crippen LogP contribution in [0.1, 0.15) is 191 Å². The van der Waals surface area contributed by atoms with Gasteiger partial charge in [-0.05, 0) is 132 Å². The molecule has 11 amide bonds. The summed E-state index contributed by atoms with van der Waals surface area (Å²) in [5, 5.41) is 27.6. The van der Waals surface area contributed by atoms with Crippen LogP contribution in [-0.4, -0.2) is 287 Å². The second-order valence-corrected chi connectivity index (χ2v) is 41.0. The molecule has 144 heavy (non-hydrogen) atoms. The Morgan fingerprint density at radius 3 is 1.37 bits per heavy atom. The molecule has 1 unspecified atom stereocenters. The fraction of sp³-hybridized carbons (Fsp3) is 0.567. The molecule has 2 fully saturated rings. The number of β-amino-alcohol motifs (C(OH)–C–C–N with tert-alkyl or cyclic N) is 1. The summed E-state index contributed by atoms with van der Waals surface area (Å²) in [4.78, 5) is 236. The summed E-state index contributed by atoms with van der Waals surface area (Å²) in [6.45, 7) is 25.9. The standard InChI is InChI=1S/C43H55F3N10O11S2.C38H48F3N9O9S2.C9H18ClN2OP/c1-6-27-20-29(67-34(60)16-15-31(57)47-4)23-55(27)33(59)8-7-18-68-69-19-17-48-32(58)14-13-30(40(64)66-5)51-38(62)25-9-11-28(12-10-25)56(41(65)43(44,45)46)22-26-21-49-36-35(50-26)39(63)54-42(52-36)53-37(61)24(2)3;1-5-24-17-26(51)20-49(24)29(53)7-6-15-60-61-16-14-42-28(52)13-12-27(35(57)59-4)45-33(55)22-8-10-25(11-9-22)50(36(58)38(39,40)41)19-23-18-43-31-30(44-23)34(56)48-37(46-31)47-32(54)21(2)3;1-8(2)12(9(3)4)14(10)13-7-6-11-5/h9-12,21,24,27,29-30H,6-8,13-20,22-23H2,1-5H3,(H,47,57)(H,48,58)(H,51,62)(H2,49,52,53,54,61,63);8-11,18,21,24,26-27,51H,5-7,12-17,19-20H2,1-4H3,(H,42,52)(H,45,55)(H2,43,46,47,48,54,56);8-9H,6-7H2,1-4H3/t27-,29-,30+;24-,26-,27+;/m11./s1. The van der Waals surface area contributed by atoms with Gasteiger partial charge in [-0.25, -0.2) is 40.8 Å². The zero-order chi connectivity index (χ0) is 107. The van der Waals surface area contributed by atoms with E-state index in [1.54, 1.807) is 48.3 Å². The molecule has 2 aliphatic heterocycles. The van der Waals surface area contributed by atoms with E-state index in [1.807, 2.05) is 13.8 Å². The van der Waals surface area contributed by atoms with Gasteiger partial charge in [0.25, 0.3) is 22.9 Å². The summed E-state index contributed by atoms with van der Waals surface area (Å²) in [6.07, 6.45) is -5.42. The molecule has 4 aromatic heterocycles. The number of amides is 11. The molecule has 0 aliphatic carbocycles. The molecular weight excluding hydrogens is 2020 g/mol. The number of nitrogens with one attached hydrogen (secondary N) is 9. The van der Waals surface area contributed by atoms with Gasteiger partial charge in [-0.3, -0.25) is 97.5 Å². The minimum Gasteiger partial charge on any atom is -0.467 e. The molecule has 0 radical (unpaired) electrons. The molecule has 0 saturated carbocycles. The lowest BCUT2D eigenvalue weighted by atomic mass is 10.1. The number of alkyl halides is 6. The van der Waals surface area contributed by atoms with Crippen molar-refractivity contribution in [2.24, 2.45) is 11.8 Å². The molecule has 2 aromatic carbocycles. The molecule has 6 aromatic rings. The smallest absolute Gasteiger partial charge is 0.467 e. The molecular formula is C90H121ClF6N21O21PS4. The molecule has 0 bridgehead atoms. The molecule has 10 N–H and O–H groups in total. The quantitative estimate of drug-likeness (QED) is 0.00323. The minimum atomic E-state index is -5.34. The van der Waals surface area contributed by atoms with Gasteiger partial charge in [0.05, 0.1) is 70.2 Å². The zero-order valence-electron chi connectivity index (χ0n) is 81.6. The van der Waals surface area contributed by atoms with Gasteiger partial charge in [0.2, 0.25) is 67.4 Å². The molecule has 8 rings (SSSR count). The number of methoxy groups -OCH3 is 2.